The molecule has 4 aromatic rings. The van der Waals surface area contributed by atoms with Gasteiger partial charge in [0.25, 0.3) is 5.91 Å². The first-order valence-electron chi connectivity index (χ1n) is 15.2. The summed E-state index contributed by atoms with van der Waals surface area (Å²) in [5.41, 5.74) is 4.41. The van der Waals surface area contributed by atoms with Gasteiger partial charge in [0.2, 0.25) is 0 Å². The molecule has 4 nitrogen and oxygen atoms in total. The first-order chi connectivity index (χ1) is 21.2. The van der Waals surface area contributed by atoms with Crippen LogP contribution in [-0.4, -0.2) is 23.3 Å². The van der Waals surface area contributed by atoms with Gasteiger partial charge in [-0.2, -0.15) is 13.2 Å². The van der Waals surface area contributed by atoms with Gasteiger partial charge >= 0.3 is 12.1 Å². The molecule has 0 N–H and O–H groups in total. The average molecular weight is 600 g/mol. The number of esters is 1. The van der Waals surface area contributed by atoms with Crippen molar-refractivity contribution in [1.82, 2.24) is 4.90 Å². The van der Waals surface area contributed by atoms with Crippen molar-refractivity contribution in [3.8, 4) is 16.9 Å². The Bertz CT molecular complexity index is 1590. The van der Waals surface area contributed by atoms with Crippen LogP contribution in [0.1, 0.15) is 82.0 Å². The summed E-state index contributed by atoms with van der Waals surface area (Å²) in [6, 6.07) is 24.8. The summed E-state index contributed by atoms with van der Waals surface area (Å²) in [4.78, 5) is 28.3. The van der Waals surface area contributed by atoms with E-state index in [9.17, 15) is 22.8 Å². The molecule has 4 aromatic carbocycles. The summed E-state index contributed by atoms with van der Waals surface area (Å²) < 4.78 is 44.7. The molecule has 7 heteroatoms. The van der Waals surface area contributed by atoms with Crippen molar-refractivity contribution < 1.29 is 27.5 Å². The van der Waals surface area contributed by atoms with E-state index < -0.39 is 17.7 Å². The highest BCUT2D eigenvalue weighted by Gasteiger charge is 2.30. The Morgan fingerprint density at radius 1 is 0.818 bits per heavy atom. The topological polar surface area (TPSA) is 46.6 Å². The number of benzene rings is 4. The third-order valence-corrected chi connectivity index (χ3v) is 8.13. The summed E-state index contributed by atoms with van der Waals surface area (Å²) in [5, 5.41) is 0. The number of rotatable bonds is 10. The van der Waals surface area contributed by atoms with Crippen LogP contribution in [0, 0.1) is 0 Å². The van der Waals surface area contributed by atoms with Crippen LogP contribution in [0.2, 0.25) is 0 Å². The fourth-order valence-corrected chi connectivity index (χ4v) is 5.61. The van der Waals surface area contributed by atoms with Crippen molar-refractivity contribution in [3.63, 3.8) is 0 Å². The Morgan fingerprint density at radius 3 is 2.27 bits per heavy atom. The monoisotopic (exact) mass is 599 g/mol. The molecule has 0 unspecified atom stereocenters. The van der Waals surface area contributed by atoms with Gasteiger partial charge in [-0.15, -0.1) is 0 Å². The van der Waals surface area contributed by atoms with Crippen LogP contribution in [0.5, 0.6) is 5.75 Å². The van der Waals surface area contributed by atoms with Gasteiger partial charge in [-0.3, -0.25) is 4.79 Å². The number of hydrogen-bond acceptors (Lipinski definition) is 3. The molecule has 0 radical (unpaired) electrons. The fraction of sp³-hybridized carbons (Fsp3) is 0.297. The number of hydrogen-bond donors (Lipinski definition) is 0. The van der Waals surface area contributed by atoms with Crippen LogP contribution in [-0.2, 0) is 25.6 Å². The van der Waals surface area contributed by atoms with E-state index in [-0.39, 0.29) is 11.5 Å². The average Bonchev–Trinajstić information content (AvgIpc) is 3.04. The molecule has 44 heavy (non-hydrogen) atoms. The molecule has 1 amide bonds. The van der Waals surface area contributed by atoms with Gasteiger partial charge in [-0.25, -0.2) is 4.79 Å². The maximum absolute atomic E-state index is 13.2. The summed E-state index contributed by atoms with van der Waals surface area (Å²) in [5.74, 6) is -0.223. The first-order valence-corrected chi connectivity index (χ1v) is 15.2. The van der Waals surface area contributed by atoms with E-state index in [1.165, 1.54) is 49.8 Å². The van der Waals surface area contributed by atoms with Crippen LogP contribution >= 0.6 is 0 Å². The second kappa shape index (κ2) is 13.9. The maximum atomic E-state index is 13.2. The Hall–Kier alpha value is -4.39. The van der Waals surface area contributed by atoms with Gasteiger partial charge in [-0.1, -0.05) is 81.1 Å². The summed E-state index contributed by atoms with van der Waals surface area (Å²) in [7, 11) is 0. The minimum atomic E-state index is -4.44. The van der Waals surface area contributed by atoms with Crippen LogP contribution in [0.4, 0.5) is 13.2 Å². The zero-order chi connectivity index (χ0) is 31.1. The van der Waals surface area contributed by atoms with Gasteiger partial charge in [0.15, 0.2) is 0 Å². The van der Waals surface area contributed by atoms with Crippen molar-refractivity contribution in [1.29, 1.82) is 0 Å². The second-order valence-corrected chi connectivity index (χ2v) is 11.3. The van der Waals surface area contributed by atoms with Gasteiger partial charge in [0, 0.05) is 18.7 Å². The van der Waals surface area contributed by atoms with Crippen molar-refractivity contribution in [2.24, 2.45) is 0 Å². The molecule has 0 bridgehead atoms. The standard InChI is InChI=1S/C37H36F3NO3/c1-2-3-4-5-6-9-26-12-14-28(15-13-26)35(42)41-23-22-29-24-32(21-18-30(29)25-41)44-36(43)34-11-8-7-10-33(34)27-16-19-31(20-17-27)37(38,39)40/h7-8,10-21,24H,2-6,9,22-23,25H2,1H3. The molecule has 0 aromatic heterocycles. The molecule has 0 spiro atoms. The quantitative estimate of drug-likeness (QED) is 0.104. The van der Waals surface area contributed by atoms with Crippen molar-refractivity contribution in [2.75, 3.05) is 6.54 Å². The zero-order valence-corrected chi connectivity index (χ0v) is 24.8. The molecule has 0 fully saturated rings. The lowest BCUT2D eigenvalue weighted by Gasteiger charge is -2.29. The van der Waals surface area contributed by atoms with E-state index in [1.54, 1.807) is 30.3 Å². The highest BCUT2D eigenvalue weighted by Crippen LogP contribution is 2.32. The zero-order valence-electron chi connectivity index (χ0n) is 24.8. The molecule has 1 aliphatic heterocycles. The minimum Gasteiger partial charge on any atom is -0.423 e. The molecule has 228 valence electrons. The molecule has 0 atom stereocenters. The Kier molecular flexibility index (Phi) is 9.83. The molecule has 1 heterocycles. The number of ether oxygens (including phenoxy) is 1. The first kappa shape index (κ1) is 31.0. The summed E-state index contributed by atoms with van der Waals surface area (Å²) in [6.45, 7) is 3.24. The Balaban J connectivity index is 1.21. The summed E-state index contributed by atoms with van der Waals surface area (Å²) >= 11 is 0. The third-order valence-electron chi connectivity index (χ3n) is 8.13. The predicted molar refractivity (Wildman–Crippen MR) is 166 cm³/mol. The molecular weight excluding hydrogens is 563 g/mol. The number of aryl methyl sites for hydroxylation is 1. The normalized spacial score (nSPS) is 13.0. The molecule has 1 aliphatic rings. The minimum absolute atomic E-state index is 0.000485. The lowest BCUT2D eigenvalue weighted by molar-refractivity contribution is -0.137. The van der Waals surface area contributed by atoms with Crippen LogP contribution < -0.4 is 4.74 Å². The van der Waals surface area contributed by atoms with E-state index in [0.29, 0.717) is 42.0 Å². The Morgan fingerprint density at radius 2 is 1.55 bits per heavy atom. The lowest BCUT2D eigenvalue weighted by atomic mass is 9.98. The van der Waals surface area contributed by atoms with Crippen LogP contribution in [0.25, 0.3) is 11.1 Å². The van der Waals surface area contributed by atoms with E-state index in [2.05, 4.69) is 19.1 Å². The molecule has 0 saturated heterocycles. The second-order valence-electron chi connectivity index (χ2n) is 11.3. The van der Waals surface area contributed by atoms with Crippen molar-refractivity contribution in [3.05, 3.63) is 124 Å². The predicted octanol–water partition coefficient (Wildman–Crippen LogP) is 9.30. The number of unbranched alkanes of at least 4 members (excludes halogenated alkanes) is 4. The number of nitrogens with zero attached hydrogens (tertiary/aromatic N) is 1. The van der Waals surface area contributed by atoms with Crippen LogP contribution in [0.15, 0.2) is 91.0 Å². The number of carbonyl (C=O) groups is 2. The third kappa shape index (κ3) is 7.57. The number of alkyl halides is 3. The van der Waals surface area contributed by atoms with E-state index in [4.69, 9.17) is 4.74 Å². The molecular formula is C37H36F3NO3. The Labute approximate surface area is 256 Å². The number of amides is 1. The lowest BCUT2D eigenvalue weighted by Crippen LogP contribution is -2.36. The molecule has 0 saturated carbocycles. The van der Waals surface area contributed by atoms with Crippen molar-refractivity contribution >= 4 is 11.9 Å². The van der Waals surface area contributed by atoms with Gasteiger partial charge < -0.3 is 9.64 Å². The fourth-order valence-electron chi connectivity index (χ4n) is 5.61. The number of fused-ring (bicyclic) bond motifs is 1. The van der Waals surface area contributed by atoms with Gasteiger partial charge in [-0.05, 0) is 89.5 Å². The van der Waals surface area contributed by atoms with E-state index in [1.807, 2.05) is 29.2 Å². The maximum Gasteiger partial charge on any atom is 0.416 e. The largest absolute Gasteiger partial charge is 0.423 e. The summed E-state index contributed by atoms with van der Waals surface area (Å²) in [6.07, 6.45) is 3.41. The number of carbonyl (C=O) groups excluding carboxylic acids is 2. The molecule has 0 aliphatic carbocycles. The highest BCUT2D eigenvalue weighted by atomic mass is 19.4. The van der Waals surface area contributed by atoms with Gasteiger partial charge in [0.05, 0.1) is 11.1 Å². The highest BCUT2D eigenvalue weighted by molar-refractivity contribution is 5.98. The smallest absolute Gasteiger partial charge is 0.416 e. The van der Waals surface area contributed by atoms with Crippen LogP contribution in [0.3, 0.4) is 0 Å². The van der Waals surface area contributed by atoms with Gasteiger partial charge in [0.1, 0.15) is 5.75 Å². The van der Waals surface area contributed by atoms with E-state index >= 15 is 0 Å². The number of halogens is 3. The molecule has 5 rings (SSSR count). The van der Waals surface area contributed by atoms with Crippen molar-refractivity contribution in [2.45, 2.75) is 64.6 Å². The SMILES string of the molecule is CCCCCCCc1ccc(C(=O)N2CCc3cc(OC(=O)c4ccccc4-c4ccc(C(F)(F)F)cc4)ccc3C2)cc1. The van der Waals surface area contributed by atoms with E-state index in [0.717, 1.165) is 29.7 Å².